The fourth-order valence-electron chi connectivity index (χ4n) is 1.06. The number of carbonyl (C=O) groups excluding carboxylic acids is 1. The maximum Gasteiger partial charge on any atom is 0.229 e. The second-order valence-corrected chi connectivity index (χ2v) is 3.57. The summed E-state index contributed by atoms with van der Waals surface area (Å²) in [5, 5.41) is 0. The first kappa shape index (κ1) is 9.08. The topological polar surface area (TPSA) is 58.6 Å². The molecular formula is C9H6BrN3O. The molecule has 70 valence electrons. The van der Waals surface area contributed by atoms with E-state index in [2.05, 4.69) is 30.9 Å². The first-order chi connectivity index (χ1) is 6.77. The van der Waals surface area contributed by atoms with E-state index in [1.807, 2.05) is 0 Å². The van der Waals surface area contributed by atoms with Crippen LogP contribution >= 0.6 is 15.9 Å². The van der Waals surface area contributed by atoms with Crippen LogP contribution in [0.3, 0.4) is 0 Å². The molecule has 0 aliphatic heterocycles. The summed E-state index contributed by atoms with van der Waals surface area (Å²) in [7, 11) is 0. The second kappa shape index (κ2) is 3.71. The van der Waals surface area contributed by atoms with Gasteiger partial charge in [-0.2, -0.15) is 0 Å². The Kier molecular flexibility index (Phi) is 2.41. The zero-order chi connectivity index (χ0) is 9.97. The molecular weight excluding hydrogens is 246 g/mol. The fraction of sp³-hybridized carbons (Fsp3) is 0. The molecule has 2 heterocycles. The van der Waals surface area contributed by atoms with Crippen LogP contribution in [0.5, 0.6) is 0 Å². The van der Waals surface area contributed by atoms with E-state index in [0.717, 1.165) is 4.47 Å². The molecule has 0 aliphatic rings. The van der Waals surface area contributed by atoms with Crippen LogP contribution in [-0.2, 0) is 0 Å². The number of aromatic nitrogens is 3. The molecule has 4 nitrogen and oxygen atoms in total. The molecule has 14 heavy (non-hydrogen) atoms. The number of rotatable bonds is 2. The van der Waals surface area contributed by atoms with E-state index in [4.69, 9.17) is 0 Å². The molecule has 0 saturated heterocycles. The maximum absolute atomic E-state index is 11.7. The third kappa shape index (κ3) is 1.72. The SMILES string of the molecule is O=C(c1cncc(Br)c1)c1ncc[nH]1. The van der Waals surface area contributed by atoms with Crippen LogP contribution in [-0.4, -0.2) is 20.7 Å². The molecule has 2 rings (SSSR count). The van der Waals surface area contributed by atoms with Gasteiger partial charge in [-0.15, -0.1) is 0 Å². The number of hydrogen-bond acceptors (Lipinski definition) is 3. The Morgan fingerprint density at radius 3 is 2.93 bits per heavy atom. The van der Waals surface area contributed by atoms with E-state index in [9.17, 15) is 4.79 Å². The normalized spacial score (nSPS) is 10.1. The number of aromatic amines is 1. The third-order valence-electron chi connectivity index (χ3n) is 1.68. The average Bonchev–Trinajstić information content (AvgIpc) is 2.69. The lowest BCUT2D eigenvalue weighted by Gasteiger charge is -1.96. The minimum Gasteiger partial charge on any atom is -0.342 e. The van der Waals surface area contributed by atoms with Gasteiger partial charge in [0.2, 0.25) is 5.78 Å². The highest BCUT2D eigenvalue weighted by Crippen LogP contribution is 2.11. The van der Waals surface area contributed by atoms with Crippen molar-refractivity contribution in [2.24, 2.45) is 0 Å². The molecule has 0 aromatic carbocycles. The highest BCUT2D eigenvalue weighted by Gasteiger charge is 2.11. The molecule has 0 saturated carbocycles. The Morgan fingerprint density at radius 2 is 2.29 bits per heavy atom. The summed E-state index contributed by atoms with van der Waals surface area (Å²) in [4.78, 5) is 22.2. The summed E-state index contributed by atoms with van der Waals surface area (Å²) in [6.07, 6.45) is 6.28. The monoisotopic (exact) mass is 251 g/mol. The smallest absolute Gasteiger partial charge is 0.229 e. The van der Waals surface area contributed by atoms with Gasteiger partial charge in [-0.25, -0.2) is 4.98 Å². The number of H-pyrrole nitrogens is 1. The zero-order valence-corrected chi connectivity index (χ0v) is 8.65. The Bertz CT molecular complexity index is 453. The van der Waals surface area contributed by atoms with Gasteiger partial charge in [0.05, 0.1) is 0 Å². The van der Waals surface area contributed by atoms with Crippen LogP contribution in [0.25, 0.3) is 0 Å². The number of hydrogen-bond donors (Lipinski definition) is 1. The van der Waals surface area contributed by atoms with Crippen molar-refractivity contribution in [2.75, 3.05) is 0 Å². The van der Waals surface area contributed by atoms with Crippen molar-refractivity contribution in [3.8, 4) is 0 Å². The zero-order valence-electron chi connectivity index (χ0n) is 7.07. The predicted molar refractivity (Wildman–Crippen MR) is 54.0 cm³/mol. The lowest BCUT2D eigenvalue weighted by Crippen LogP contribution is -2.03. The predicted octanol–water partition coefficient (Wildman–Crippen LogP) is 1.80. The van der Waals surface area contributed by atoms with Crippen molar-refractivity contribution in [1.29, 1.82) is 0 Å². The Hall–Kier alpha value is -1.49. The van der Waals surface area contributed by atoms with Crippen molar-refractivity contribution in [1.82, 2.24) is 15.0 Å². The molecule has 0 bridgehead atoms. The minimum absolute atomic E-state index is 0.163. The Balaban J connectivity index is 2.37. The molecule has 0 unspecified atom stereocenters. The number of pyridine rings is 1. The molecule has 2 aromatic heterocycles. The first-order valence-corrected chi connectivity index (χ1v) is 4.71. The molecule has 2 aromatic rings. The molecule has 5 heteroatoms. The van der Waals surface area contributed by atoms with Crippen LogP contribution in [0.1, 0.15) is 16.2 Å². The van der Waals surface area contributed by atoms with E-state index >= 15 is 0 Å². The Morgan fingerprint density at radius 1 is 1.43 bits per heavy atom. The molecule has 0 amide bonds. The van der Waals surface area contributed by atoms with Crippen LogP contribution in [0.15, 0.2) is 35.3 Å². The highest BCUT2D eigenvalue weighted by molar-refractivity contribution is 9.10. The summed E-state index contributed by atoms with van der Waals surface area (Å²) in [6.45, 7) is 0. The lowest BCUT2D eigenvalue weighted by atomic mass is 10.2. The fourth-order valence-corrected chi connectivity index (χ4v) is 1.43. The minimum atomic E-state index is -0.163. The first-order valence-electron chi connectivity index (χ1n) is 3.92. The summed E-state index contributed by atoms with van der Waals surface area (Å²) in [5.74, 6) is 0.161. The standard InChI is InChI=1S/C9H6BrN3O/c10-7-3-6(4-11-5-7)8(14)9-12-1-2-13-9/h1-5H,(H,12,13). The van der Waals surface area contributed by atoms with E-state index in [1.165, 1.54) is 6.20 Å². The van der Waals surface area contributed by atoms with E-state index in [-0.39, 0.29) is 5.78 Å². The molecule has 0 radical (unpaired) electrons. The number of nitrogens with one attached hydrogen (secondary N) is 1. The number of carbonyl (C=O) groups is 1. The third-order valence-corrected chi connectivity index (χ3v) is 2.11. The van der Waals surface area contributed by atoms with Gasteiger partial charge in [-0.05, 0) is 22.0 Å². The van der Waals surface area contributed by atoms with E-state index in [1.54, 1.807) is 24.7 Å². The van der Waals surface area contributed by atoms with Gasteiger partial charge in [-0.1, -0.05) is 0 Å². The van der Waals surface area contributed by atoms with Crippen molar-refractivity contribution in [2.45, 2.75) is 0 Å². The second-order valence-electron chi connectivity index (χ2n) is 2.66. The summed E-state index contributed by atoms with van der Waals surface area (Å²) < 4.78 is 0.773. The van der Waals surface area contributed by atoms with Gasteiger partial charge in [0.15, 0.2) is 5.82 Å². The van der Waals surface area contributed by atoms with Gasteiger partial charge in [0.25, 0.3) is 0 Å². The number of halogens is 1. The van der Waals surface area contributed by atoms with Gasteiger partial charge < -0.3 is 4.98 Å². The largest absolute Gasteiger partial charge is 0.342 e. The Labute approximate surface area is 88.5 Å². The number of imidazole rings is 1. The van der Waals surface area contributed by atoms with Crippen molar-refractivity contribution in [3.63, 3.8) is 0 Å². The van der Waals surface area contributed by atoms with Crippen molar-refractivity contribution < 1.29 is 4.79 Å². The maximum atomic E-state index is 11.7. The highest BCUT2D eigenvalue weighted by atomic mass is 79.9. The summed E-state index contributed by atoms with van der Waals surface area (Å²) in [5.41, 5.74) is 0.509. The van der Waals surface area contributed by atoms with Crippen LogP contribution < -0.4 is 0 Å². The van der Waals surface area contributed by atoms with Gasteiger partial charge in [0.1, 0.15) is 0 Å². The molecule has 0 aliphatic carbocycles. The average molecular weight is 252 g/mol. The van der Waals surface area contributed by atoms with Crippen molar-refractivity contribution in [3.05, 3.63) is 46.7 Å². The van der Waals surface area contributed by atoms with Crippen LogP contribution in [0.4, 0.5) is 0 Å². The summed E-state index contributed by atoms with van der Waals surface area (Å²) >= 11 is 3.25. The number of ketones is 1. The van der Waals surface area contributed by atoms with Gasteiger partial charge in [0, 0.05) is 34.8 Å². The molecule has 0 spiro atoms. The lowest BCUT2D eigenvalue weighted by molar-refractivity contribution is 0.103. The molecule has 0 atom stereocenters. The van der Waals surface area contributed by atoms with Crippen molar-refractivity contribution >= 4 is 21.7 Å². The molecule has 0 fully saturated rings. The van der Waals surface area contributed by atoms with Crippen LogP contribution in [0, 0.1) is 0 Å². The van der Waals surface area contributed by atoms with Gasteiger partial charge in [-0.3, -0.25) is 9.78 Å². The van der Waals surface area contributed by atoms with E-state index in [0.29, 0.717) is 11.4 Å². The van der Waals surface area contributed by atoms with Crippen LogP contribution in [0.2, 0.25) is 0 Å². The number of nitrogens with zero attached hydrogens (tertiary/aromatic N) is 2. The molecule has 1 N–H and O–H groups in total. The van der Waals surface area contributed by atoms with Gasteiger partial charge >= 0.3 is 0 Å². The summed E-state index contributed by atoms with van der Waals surface area (Å²) in [6, 6.07) is 1.71. The quantitative estimate of drug-likeness (QED) is 0.829. The van der Waals surface area contributed by atoms with E-state index < -0.39 is 0 Å².